The second kappa shape index (κ2) is 4.39. The Bertz CT molecular complexity index is 234. The predicted molar refractivity (Wildman–Crippen MR) is 57.6 cm³/mol. The molecule has 0 aromatic heterocycles. The predicted octanol–water partition coefficient (Wildman–Crippen LogP) is 1.77. The van der Waals surface area contributed by atoms with E-state index in [-0.39, 0.29) is 18.2 Å². The molecule has 1 aliphatic carbocycles. The van der Waals surface area contributed by atoms with Crippen molar-refractivity contribution in [2.45, 2.75) is 58.3 Å². The molecule has 4 heteroatoms. The lowest BCUT2D eigenvalue weighted by Gasteiger charge is -2.41. The lowest BCUT2D eigenvalue weighted by molar-refractivity contribution is -0.0379. The third-order valence-corrected chi connectivity index (χ3v) is 2.57. The van der Waals surface area contributed by atoms with E-state index in [2.05, 4.69) is 0 Å². The zero-order valence-corrected chi connectivity index (χ0v) is 9.99. The molecule has 0 aromatic carbocycles. The lowest BCUT2D eigenvalue weighted by atomic mass is 9.88. The third-order valence-electron chi connectivity index (χ3n) is 2.57. The fraction of sp³-hybridized carbons (Fsp3) is 0.909. The number of hydrogen-bond donors (Lipinski definition) is 1. The molecular weight excluding hydrogens is 194 g/mol. The Morgan fingerprint density at radius 1 is 1.47 bits per heavy atom. The summed E-state index contributed by atoms with van der Waals surface area (Å²) in [6.45, 7) is 8.01. The number of ether oxygens (including phenoxy) is 1. The number of amides is 1. The van der Waals surface area contributed by atoms with Gasteiger partial charge in [0.15, 0.2) is 0 Å². The van der Waals surface area contributed by atoms with Crippen LogP contribution in [0.1, 0.15) is 40.5 Å². The molecule has 0 saturated heterocycles. The molecule has 2 atom stereocenters. The number of likely N-dealkylation sites (N-methyl/N-ethyl adjacent to an activating group) is 1. The summed E-state index contributed by atoms with van der Waals surface area (Å²) in [7, 11) is 0. The highest BCUT2D eigenvalue weighted by molar-refractivity contribution is 5.68. The van der Waals surface area contributed by atoms with Crippen LogP contribution in [0.5, 0.6) is 0 Å². The van der Waals surface area contributed by atoms with E-state index >= 15 is 0 Å². The highest BCUT2D eigenvalue weighted by atomic mass is 16.6. The SMILES string of the molecule is CCN(C(=O)OC(C)(C)C)[C@@H]1CC[C@H]1O. The molecule has 4 nitrogen and oxygen atoms in total. The van der Waals surface area contributed by atoms with Gasteiger partial charge in [-0.3, -0.25) is 0 Å². The van der Waals surface area contributed by atoms with Crippen molar-refractivity contribution in [3.05, 3.63) is 0 Å². The molecule has 1 saturated carbocycles. The standard InChI is InChI=1S/C11H21NO3/c1-5-12(8-6-7-9(8)13)10(14)15-11(2,3)4/h8-9,13H,5-7H2,1-4H3/t8-,9-/m1/s1. The van der Waals surface area contributed by atoms with Gasteiger partial charge in [-0.15, -0.1) is 0 Å². The average molecular weight is 215 g/mol. The number of rotatable bonds is 2. The summed E-state index contributed by atoms with van der Waals surface area (Å²) in [6, 6.07) is -0.0511. The summed E-state index contributed by atoms with van der Waals surface area (Å²) in [5.74, 6) is 0. The molecule has 0 unspecified atom stereocenters. The smallest absolute Gasteiger partial charge is 0.410 e. The maximum atomic E-state index is 11.8. The largest absolute Gasteiger partial charge is 0.444 e. The van der Waals surface area contributed by atoms with Gasteiger partial charge in [-0.25, -0.2) is 4.79 Å². The molecular formula is C11H21NO3. The van der Waals surface area contributed by atoms with Crippen LogP contribution < -0.4 is 0 Å². The van der Waals surface area contributed by atoms with E-state index in [1.807, 2.05) is 27.7 Å². The van der Waals surface area contributed by atoms with E-state index in [4.69, 9.17) is 4.74 Å². The fourth-order valence-electron chi connectivity index (χ4n) is 1.65. The van der Waals surface area contributed by atoms with Crippen LogP contribution in [0.3, 0.4) is 0 Å². The Hall–Kier alpha value is -0.770. The van der Waals surface area contributed by atoms with Crippen LogP contribution in [-0.2, 0) is 4.74 Å². The topological polar surface area (TPSA) is 49.8 Å². The first kappa shape index (κ1) is 12.3. The van der Waals surface area contributed by atoms with Crippen molar-refractivity contribution in [1.29, 1.82) is 0 Å². The quantitative estimate of drug-likeness (QED) is 0.763. The molecule has 1 rings (SSSR count). The van der Waals surface area contributed by atoms with E-state index in [0.29, 0.717) is 6.54 Å². The first-order valence-electron chi connectivity index (χ1n) is 5.53. The highest BCUT2D eigenvalue weighted by Gasteiger charge is 2.37. The van der Waals surface area contributed by atoms with Crippen LogP contribution in [0.25, 0.3) is 0 Å². The van der Waals surface area contributed by atoms with Crippen LogP contribution in [0.4, 0.5) is 4.79 Å². The van der Waals surface area contributed by atoms with E-state index in [9.17, 15) is 9.90 Å². The summed E-state index contributed by atoms with van der Waals surface area (Å²) in [4.78, 5) is 13.4. The van der Waals surface area contributed by atoms with Gasteiger partial charge in [0.05, 0.1) is 12.1 Å². The van der Waals surface area contributed by atoms with Gasteiger partial charge >= 0.3 is 6.09 Å². The molecule has 15 heavy (non-hydrogen) atoms. The first-order chi connectivity index (χ1) is 6.85. The maximum Gasteiger partial charge on any atom is 0.410 e. The van der Waals surface area contributed by atoms with Crippen molar-refractivity contribution in [3.8, 4) is 0 Å². The van der Waals surface area contributed by atoms with Crippen molar-refractivity contribution < 1.29 is 14.6 Å². The second-order valence-corrected chi connectivity index (χ2v) is 4.98. The van der Waals surface area contributed by atoms with Gasteiger partial charge < -0.3 is 14.7 Å². The van der Waals surface area contributed by atoms with Crippen molar-refractivity contribution in [1.82, 2.24) is 4.90 Å². The van der Waals surface area contributed by atoms with Crippen molar-refractivity contribution in [3.63, 3.8) is 0 Å². The summed E-state index contributed by atoms with van der Waals surface area (Å²) >= 11 is 0. The van der Waals surface area contributed by atoms with Gasteiger partial charge in [0.25, 0.3) is 0 Å². The number of aliphatic hydroxyl groups is 1. The van der Waals surface area contributed by atoms with Gasteiger partial charge in [-0.05, 0) is 40.5 Å². The Kier molecular flexibility index (Phi) is 3.60. The van der Waals surface area contributed by atoms with Gasteiger partial charge in [-0.1, -0.05) is 0 Å². The number of carbonyl (C=O) groups is 1. The summed E-state index contributed by atoms with van der Waals surface area (Å²) in [6.07, 6.45) is 0.948. The molecule has 0 aliphatic heterocycles. The normalized spacial score (nSPS) is 25.7. The Labute approximate surface area is 91.2 Å². The summed E-state index contributed by atoms with van der Waals surface area (Å²) in [5.41, 5.74) is -0.473. The molecule has 0 aromatic rings. The van der Waals surface area contributed by atoms with Crippen LogP contribution in [0.15, 0.2) is 0 Å². The Morgan fingerprint density at radius 2 is 2.07 bits per heavy atom. The molecule has 1 fully saturated rings. The van der Waals surface area contributed by atoms with Crippen LogP contribution in [0, 0.1) is 0 Å². The molecule has 1 aliphatic rings. The summed E-state index contributed by atoms with van der Waals surface area (Å²) in [5, 5.41) is 9.51. The molecule has 88 valence electrons. The monoisotopic (exact) mass is 215 g/mol. The van der Waals surface area contributed by atoms with Crippen molar-refractivity contribution in [2.24, 2.45) is 0 Å². The number of nitrogens with zero attached hydrogens (tertiary/aromatic N) is 1. The Balaban J connectivity index is 2.55. The van der Waals surface area contributed by atoms with Gasteiger partial charge in [-0.2, -0.15) is 0 Å². The van der Waals surface area contributed by atoms with Gasteiger partial charge in [0.1, 0.15) is 5.60 Å². The molecule has 0 bridgehead atoms. The van der Waals surface area contributed by atoms with E-state index < -0.39 is 5.60 Å². The minimum absolute atomic E-state index is 0.0511. The van der Waals surface area contributed by atoms with Crippen LogP contribution in [-0.4, -0.2) is 40.4 Å². The van der Waals surface area contributed by atoms with Gasteiger partial charge in [0, 0.05) is 6.54 Å². The zero-order valence-electron chi connectivity index (χ0n) is 9.99. The second-order valence-electron chi connectivity index (χ2n) is 4.98. The molecule has 0 radical (unpaired) electrons. The summed E-state index contributed by atoms with van der Waals surface area (Å²) < 4.78 is 5.27. The van der Waals surface area contributed by atoms with Crippen molar-refractivity contribution >= 4 is 6.09 Å². The van der Waals surface area contributed by atoms with Crippen LogP contribution in [0.2, 0.25) is 0 Å². The maximum absolute atomic E-state index is 11.8. The van der Waals surface area contributed by atoms with E-state index in [0.717, 1.165) is 12.8 Å². The number of carbonyl (C=O) groups excluding carboxylic acids is 1. The minimum Gasteiger partial charge on any atom is -0.444 e. The fourth-order valence-corrected chi connectivity index (χ4v) is 1.65. The van der Waals surface area contributed by atoms with E-state index in [1.165, 1.54) is 0 Å². The minimum atomic E-state index is -0.473. The lowest BCUT2D eigenvalue weighted by Crippen LogP contribution is -2.53. The molecule has 1 N–H and O–H groups in total. The number of hydrogen-bond acceptors (Lipinski definition) is 3. The molecule has 0 spiro atoms. The zero-order chi connectivity index (χ0) is 11.6. The van der Waals surface area contributed by atoms with Crippen LogP contribution >= 0.6 is 0 Å². The molecule has 0 heterocycles. The highest BCUT2D eigenvalue weighted by Crippen LogP contribution is 2.26. The number of aliphatic hydroxyl groups excluding tert-OH is 1. The average Bonchev–Trinajstić information content (AvgIpc) is 2.08. The molecule has 1 amide bonds. The van der Waals surface area contributed by atoms with Gasteiger partial charge in [0.2, 0.25) is 0 Å². The van der Waals surface area contributed by atoms with E-state index in [1.54, 1.807) is 4.90 Å². The first-order valence-corrected chi connectivity index (χ1v) is 5.53. The van der Waals surface area contributed by atoms with Crippen molar-refractivity contribution in [2.75, 3.05) is 6.54 Å². The third kappa shape index (κ3) is 3.09. The Morgan fingerprint density at radius 3 is 2.33 bits per heavy atom.